The maximum atomic E-state index is 14.1. The zero-order valence-corrected chi connectivity index (χ0v) is 9.86. The summed E-state index contributed by atoms with van der Waals surface area (Å²) in [5.41, 5.74) is -1.00. The van der Waals surface area contributed by atoms with Crippen molar-refractivity contribution in [2.75, 3.05) is 20.7 Å². The maximum Gasteiger partial charge on any atom is 0.147 e. The second-order valence-corrected chi connectivity index (χ2v) is 3.98. The molecule has 1 aromatic carbocycles. The molecule has 1 unspecified atom stereocenters. The van der Waals surface area contributed by atoms with Crippen LogP contribution < -0.4 is 10.1 Å². The van der Waals surface area contributed by atoms with Crippen molar-refractivity contribution in [2.45, 2.75) is 12.6 Å². The number of rotatable bonds is 4. The molecule has 84 valence electrons. The van der Waals surface area contributed by atoms with E-state index in [1.807, 2.05) is 0 Å². The van der Waals surface area contributed by atoms with Crippen LogP contribution in [0.1, 0.15) is 12.5 Å². The van der Waals surface area contributed by atoms with E-state index in [2.05, 4.69) is 5.32 Å². The summed E-state index contributed by atoms with van der Waals surface area (Å²) in [6.07, 6.45) is 0. The summed E-state index contributed by atoms with van der Waals surface area (Å²) in [5, 5.41) is 3.18. The summed E-state index contributed by atoms with van der Waals surface area (Å²) >= 11 is 5.98. The number of hydrogen-bond donors (Lipinski definition) is 1. The topological polar surface area (TPSA) is 21.3 Å². The number of halogens is 2. The highest BCUT2D eigenvalue weighted by molar-refractivity contribution is 6.31. The van der Waals surface area contributed by atoms with E-state index in [1.165, 1.54) is 6.92 Å². The monoisotopic (exact) mass is 231 g/mol. The van der Waals surface area contributed by atoms with Gasteiger partial charge in [-0.1, -0.05) is 17.7 Å². The van der Waals surface area contributed by atoms with E-state index in [4.69, 9.17) is 16.3 Å². The molecular weight excluding hydrogens is 217 g/mol. The summed E-state index contributed by atoms with van der Waals surface area (Å²) in [5.74, 6) is 0.629. The molecule has 0 saturated carbocycles. The van der Waals surface area contributed by atoms with Crippen LogP contribution in [-0.4, -0.2) is 20.7 Å². The highest BCUT2D eigenvalue weighted by Gasteiger charge is 2.27. The van der Waals surface area contributed by atoms with Gasteiger partial charge in [-0.15, -0.1) is 0 Å². The van der Waals surface area contributed by atoms with Gasteiger partial charge in [0, 0.05) is 12.1 Å². The Morgan fingerprint density at radius 3 is 2.67 bits per heavy atom. The van der Waals surface area contributed by atoms with E-state index in [0.717, 1.165) is 0 Å². The van der Waals surface area contributed by atoms with Crippen LogP contribution in [0.4, 0.5) is 4.39 Å². The Bertz CT molecular complexity index is 341. The van der Waals surface area contributed by atoms with Gasteiger partial charge in [0.15, 0.2) is 0 Å². The first-order valence-corrected chi connectivity index (χ1v) is 5.06. The number of nitrogens with one attached hydrogen (secondary N) is 1. The van der Waals surface area contributed by atoms with Crippen LogP contribution in [0, 0.1) is 0 Å². The molecule has 1 aromatic rings. The van der Waals surface area contributed by atoms with Crippen molar-refractivity contribution in [2.24, 2.45) is 0 Å². The number of benzene rings is 1. The average molecular weight is 232 g/mol. The Morgan fingerprint density at radius 2 is 2.20 bits per heavy atom. The van der Waals surface area contributed by atoms with Gasteiger partial charge in [-0.05, 0) is 26.1 Å². The van der Waals surface area contributed by atoms with Crippen molar-refractivity contribution >= 4 is 11.6 Å². The third-order valence-corrected chi connectivity index (χ3v) is 2.56. The summed E-state index contributed by atoms with van der Waals surface area (Å²) < 4.78 is 19.1. The number of alkyl halides is 1. The molecule has 4 heteroatoms. The Kier molecular flexibility index (Phi) is 3.94. The van der Waals surface area contributed by atoms with Crippen molar-refractivity contribution in [1.82, 2.24) is 5.32 Å². The molecular formula is C11H15ClFNO. The Morgan fingerprint density at radius 1 is 1.53 bits per heavy atom. The number of hydrogen-bond acceptors (Lipinski definition) is 2. The molecule has 0 aromatic heterocycles. The summed E-state index contributed by atoms with van der Waals surface area (Å²) in [7, 11) is 3.25. The minimum atomic E-state index is -1.47. The van der Waals surface area contributed by atoms with Gasteiger partial charge in [0.05, 0.1) is 12.1 Å². The largest absolute Gasteiger partial charge is 0.497 e. The summed E-state index contributed by atoms with van der Waals surface area (Å²) in [6.45, 7) is 1.72. The van der Waals surface area contributed by atoms with Crippen LogP contribution in [0.25, 0.3) is 0 Å². The standard InChI is InChI=1S/C11H15ClFNO/c1-11(13,7-14-2)9-5-4-8(15-3)6-10(9)12/h4-6,14H,7H2,1-3H3. The molecule has 0 amide bonds. The van der Waals surface area contributed by atoms with Crippen LogP contribution in [0.5, 0.6) is 5.75 Å². The number of ether oxygens (including phenoxy) is 1. The predicted molar refractivity (Wildman–Crippen MR) is 60.4 cm³/mol. The Balaban J connectivity index is 3.04. The molecule has 1 atom stereocenters. The van der Waals surface area contributed by atoms with E-state index < -0.39 is 5.67 Å². The first-order valence-electron chi connectivity index (χ1n) is 4.69. The molecule has 1 N–H and O–H groups in total. The van der Waals surface area contributed by atoms with Crippen molar-refractivity contribution < 1.29 is 9.13 Å². The van der Waals surface area contributed by atoms with Gasteiger partial charge in [-0.3, -0.25) is 0 Å². The normalized spacial score (nSPS) is 14.7. The Hall–Kier alpha value is -0.800. The average Bonchev–Trinajstić information content (AvgIpc) is 2.17. The third-order valence-electron chi connectivity index (χ3n) is 2.25. The van der Waals surface area contributed by atoms with Gasteiger partial charge < -0.3 is 10.1 Å². The molecule has 0 saturated heterocycles. The van der Waals surface area contributed by atoms with E-state index >= 15 is 0 Å². The quantitative estimate of drug-likeness (QED) is 0.861. The first-order chi connectivity index (χ1) is 7.01. The van der Waals surface area contributed by atoms with Crippen LogP contribution >= 0.6 is 11.6 Å². The molecule has 0 bridgehead atoms. The second kappa shape index (κ2) is 4.81. The van der Waals surface area contributed by atoms with Crippen molar-refractivity contribution in [3.05, 3.63) is 28.8 Å². The smallest absolute Gasteiger partial charge is 0.147 e. The summed E-state index contributed by atoms with van der Waals surface area (Å²) in [4.78, 5) is 0. The minimum Gasteiger partial charge on any atom is -0.497 e. The first kappa shape index (κ1) is 12.3. The SMILES string of the molecule is CNCC(C)(F)c1ccc(OC)cc1Cl. The lowest BCUT2D eigenvalue weighted by atomic mass is 9.98. The lowest BCUT2D eigenvalue weighted by molar-refractivity contribution is 0.191. The zero-order chi connectivity index (χ0) is 11.5. The molecule has 1 rings (SSSR count). The van der Waals surface area contributed by atoms with Gasteiger partial charge in [0.1, 0.15) is 11.4 Å². The fraction of sp³-hybridized carbons (Fsp3) is 0.455. The van der Waals surface area contributed by atoms with Gasteiger partial charge >= 0.3 is 0 Å². The highest BCUT2D eigenvalue weighted by Crippen LogP contribution is 2.33. The fourth-order valence-electron chi connectivity index (χ4n) is 1.47. The van der Waals surface area contributed by atoms with Crippen molar-refractivity contribution in [3.8, 4) is 5.75 Å². The predicted octanol–water partition coefficient (Wildman–Crippen LogP) is 2.75. The van der Waals surface area contributed by atoms with E-state index in [1.54, 1.807) is 32.4 Å². The van der Waals surface area contributed by atoms with Crippen LogP contribution in [0.3, 0.4) is 0 Å². The molecule has 2 nitrogen and oxygen atoms in total. The molecule has 0 heterocycles. The maximum absolute atomic E-state index is 14.1. The highest BCUT2D eigenvalue weighted by atomic mass is 35.5. The second-order valence-electron chi connectivity index (χ2n) is 3.57. The van der Waals surface area contributed by atoms with Gasteiger partial charge in [0.2, 0.25) is 0 Å². The van der Waals surface area contributed by atoms with Crippen molar-refractivity contribution in [3.63, 3.8) is 0 Å². The lowest BCUT2D eigenvalue weighted by Crippen LogP contribution is -2.29. The molecule has 0 aliphatic rings. The molecule has 0 radical (unpaired) electrons. The molecule has 0 spiro atoms. The number of methoxy groups -OCH3 is 1. The minimum absolute atomic E-state index is 0.221. The molecule has 0 fully saturated rings. The molecule has 0 aliphatic heterocycles. The zero-order valence-electron chi connectivity index (χ0n) is 9.10. The van der Waals surface area contributed by atoms with Gasteiger partial charge in [-0.25, -0.2) is 4.39 Å². The van der Waals surface area contributed by atoms with E-state index in [-0.39, 0.29) is 6.54 Å². The van der Waals surface area contributed by atoms with Crippen molar-refractivity contribution in [1.29, 1.82) is 0 Å². The number of likely N-dealkylation sites (N-methyl/N-ethyl adjacent to an activating group) is 1. The fourth-order valence-corrected chi connectivity index (χ4v) is 1.84. The van der Waals surface area contributed by atoms with Gasteiger partial charge in [0.25, 0.3) is 0 Å². The van der Waals surface area contributed by atoms with E-state index in [9.17, 15) is 4.39 Å². The lowest BCUT2D eigenvalue weighted by Gasteiger charge is -2.21. The summed E-state index contributed by atoms with van der Waals surface area (Å²) in [6, 6.07) is 4.97. The van der Waals surface area contributed by atoms with Crippen LogP contribution in [-0.2, 0) is 5.67 Å². The van der Waals surface area contributed by atoms with Crippen LogP contribution in [0.2, 0.25) is 5.02 Å². The Labute approximate surface area is 94.4 Å². The third kappa shape index (κ3) is 2.83. The molecule has 0 aliphatic carbocycles. The molecule has 15 heavy (non-hydrogen) atoms. The van der Waals surface area contributed by atoms with E-state index in [0.29, 0.717) is 16.3 Å². The van der Waals surface area contributed by atoms with Crippen LogP contribution in [0.15, 0.2) is 18.2 Å². The van der Waals surface area contributed by atoms with Gasteiger partial charge in [-0.2, -0.15) is 0 Å².